The molecule has 0 atom stereocenters. The maximum Gasteiger partial charge on any atom is 0.339 e. The zero-order chi connectivity index (χ0) is 17.3. The Morgan fingerprint density at radius 2 is 2.00 bits per heavy atom. The number of rotatable bonds is 5. The SMILES string of the molecule is Cc1nn(C)c(C)c1CC(=O)N(C)Cc1cc(C(=O)O)c(C)o1. The zero-order valence-electron chi connectivity index (χ0n) is 14.0. The maximum absolute atomic E-state index is 12.4. The maximum atomic E-state index is 12.4. The van der Waals surface area contributed by atoms with Crippen LogP contribution in [0, 0.1) is 20.8 Å². The Morgan fingerprint density at radius 1 is 1.35 bits per heavy atom. The Balaban J connectivity index is 2.08. The van der Waals surface area contributed by atoms with Gasteiger partial charge in [-0.2, -0.15) is 5.10 Å². The molecule has 2 aromatic heterocycles. The van der Waals surface area contributed by atoms with Gasteiger partial charge in [0.2, 0.25) is 5.91 Å². The normalized spacial score (nSPS) is 10.8. The largest absolute Gasteiger partial charge is 0.478 e. The summed E-state index contributed by atoms with van der Waals surface area (Å²) in [5.41, 5.74) is 2.85. The Bertz CT molecular complexity index is 758. The number of aromatic carboxylic acids is 1. The molecule has 0 saturated carbocycles. The molecular formula is C16H21N3O4. The fraction of sp³-hybridized carbons (Fsp3) is 0.438. The molecule has 1 N–H and O–H groups in total. The van der Waals surface area contributed by atoms with E-state index >= 15 is 0 Å². The molecule has 0 aliphatic rings. The van der Waals surface area contributed by atoms with Crippen LogP contribution in [0.4, 0.5) is 0 Å². The number of hydrogen-bond donors (Lipinski definition) is 1. The van der Waals surface area contributed by atoms with Gasteiger partial charge in [0.25, 0.3) is 0 Å². The molecule has 0 radical (unpaired) electrons. The summed E-state index contributed by atoms with van der Waals surface area (Å²) in [5.74, 6) is -0.314. The second-order valence-corrected chi connectivity index (χ2v) is 5.69. The van der Waals surface area contributed by atoms with Gasteiger partial charge in [0.1, 0.15) is 17.1 Å². The molecule has 7 heteroatoms. The van der Waals surface area contributed by atoms with Crippen molar-refractivity contribution in [1.29, 1.82) is 0 Å². The van der Waals surface area contributed by atoms with Gasteiger partial charge in [-0.3, -0.25) is 9.48 Å². The van der Waals surface area contributed by atoms with Gasteiger partial charge >= 0.3 is 5.97 Å². The minimum Gasteiger partial charge on any atom is -0.478 e. The van der Waals surface area contributed by atoms with E-state index in [1.54, 1.807) is 18.7 Å². The molecule has 0 saturated heterocycles. The number of aromatic nitrogens is 2. The third-order valence-corrected chi connectivity index (χ3v) is 4.00. The molecule has 2 rings (SSSR count). The summed E-state index contributed by atoms with van der Waals surface area (Å²) < 4.78 is 7.16. The van der Waals surface area contributed by atoms with Crippen LogP contribution in [0.15, 0.2) is 10.5 Å². The number of amides is 1. The number of carbonyl (C=O) groups is 2. The molecule has 0 unspecified atom stereocenters. The van der Waals surface area contributed by atoms with Crippen LogP contribution in [-0.4, -0.2) is 38.7 Å². The number of furan rings is 1. The number of aryl methyl sites for hydroxylation is 3. The molecular weight excluding hydrogens is 298 g/mol. The summed E-state index contributed by atoms with van der Waals surface area (Å²) in [4.78, 5) is 24.9. The molecule has 124 valence electrons. The van der Waals surface area contributed by atoms with E-state index in [0.29, 0.717) is 11.5 Å². The first-order valence-corrected chi connectivity index (χ1v) is 7.26. The average Bonchev–Trinajstić information content (AvgIpc) is 2.93. The minimum absolute atomic E-state index is 0.0740. The number of carbonyl (C=O) groups excluding carboxylic acids is 1. The predicted molar refractivity (Wildman–Crippen MR) is 83.3 cm³/mol. The lowest BCUT2D eigenvalue weighted by Gasteiger charge is -2.15. The third kappa shape index (κ3) is 3.44. The van der Waals surface area contributed by atoms with Crippen LogP contribution >= 0.6 is 0 Å². The Kier molecular flexibility index (Phi) is 4.58. The second-order valence-electron chi connectivity index (χ2n) is 5.69. The highest BCUT2D eigenvalue weighted by Gasteiger charge is 2.19. The van der Waals surface area contributed by atoms with Crippen molar-refractivity contribution in [2.24, 2.45) is 7.05 Å². The van der Waals surface area contributed by atoms with Crippen molar-refractivity contribution >= 4 is 11.9 Å². The van der Waals surface area contributed by atoms with Gasteiger partial charge < -0.3 is 14.4 Å². The third-order valence-electron chi connectivity index (χ3n) is 4.00. The summed E-state index contributed by atoms with van der Waals surface area (Å²) in [6.07, 6.45) is 0.257. The minimum atomic E-state index is -1.03. The second kappa shape index (κ2) is 6.28. The van der Waals surface area contributed by atoms with Crippen molar-refractivity contribution in [3.05, 3.63) is 40.1 Å². The van der Waals surface area contributed by atoms with E-state index in [4.69, 9.17) is 9.52 Å². The van der Waals surface area contributed by atoms with Crippen LogP contribution in [0.2, 0.25) is 0 Å². The Labute approximate surface area is 134 Å². The number of hydrogen-bond acceptors (Lipinski definition) is 4. The molecule has 0 fully saturated rings. The van der Waals surface area contributed by atoms with E-state index in [2.05, 4.69) is 5.10 Å². The predicted octanol–water partition coefficient (Wildman–Crippen LogP) is 1.84. The van der Waals surface area contributed by atoms with Gasteiger partial charge in [0.05, 0.1) is 18.7 Å². The van der Waals surface area contributed by atoms with E-state index in [9.17, 15) is 9.59 Å². The molecule has 23 heavy (non-hydrogen) atoms. The summed E-state index contributed by atoms with van der Waals surface area (Å²) in [6, 6.07) is 1.46. The molecule has 7 nitrogen and oxygen atoms in total. The molecule has 2 heterocycles. The van der Waals surface area contributed by atoms with Crippen molar-refractivity contribution in [1.82, 2.24) is 14.7 Å². The first kappa shape index (κ1) is 16.8. The van der Waals surface area contributed by atoms with Crippen molar-refractivity contribution < 1.29 is 19.1 Å². The summed E-state index contributed by atoms with van der Waals surface area (Å²) in [7, 11) is 3.51. The van der Waals surface area contributed by atoms with Crippen molar-refractivity contribution in [2.75, 3.05) is 7.05 Å². The van der Waals surface area contributed by atoms with Crippen molar-refractivity contribution in [3.63, 3.8) is 0 Å². The average molecular weight is 319 g/mol. The molecule has 1 amide bonds. The van der Waals surface area contributed by atoms with Crippen LogP contribution in [0.1, 0.15) is 38.8 Å². The van der Waals surface area contributed by atoms with Gasteiger partial charge in [-0.15, -0.1) is 0 Å². The van der Waals surface area contributed by atoms with Crippen LogP contribution in [0.3, 0.4) is 0 Å². The monoisotopic (exact) mass is 319 g/mol. The van der Waals surface area contributed by atoms with Gasteiger partial charge in [0, 0.05) is 25.4 Å². The Morgan fingerprint density at radius 3 is 2.48 bits per heavy atom. The molecule has 2 aromatic rings. The first-order chi connectivity index (χ1) is 10.7. The number of carboxylic acid groups (broad SMARTS) is 1. The summed E-state index contributed by atoms with van der Waals surface area (Å²) >= 11 is 0. The molecule has 0 aliphatic heterocycles. The van der Waals surface area contributed by atoms with E-state index in [-0.39, 0.29) is 24.4 Å². The molecule has 0 aromatic carbocycles. The van der Waals surface area contributed by atoms with E-state index in [0.717, 1.165) is 17.0 Å². The smallest absolute Gasteiger partial charge is 0.339 e. The highest BCUT2D eigenvalue weighted by Crippen LogP contribution is 2.17. The van der Waals surface area contributed by atoms with Crippen LogP contribution < -0.4 is 0 Å². The highest BCUT2D eigenvalue weighted by atomic mass is 16.4. The summed E-state index contributed by atoms with van der Waals surface area (Å²) in [6.45, 7) is 5.63. The highest BCUT2D eigenvalue weighted by molar-refractivity contribution is 5.88. The number of carboxylic acids is 1. The number of likely N-dealkylation sites (N-methyl/N-ethyl adjacent to an activating group) is 1. The lowest BCUT2D eigenvalue weighted by molar-refractivity contribution is -0.129. The molecule has 0 spiro atoms. The summed E-state index contributed by atoms with van der Waals surface area (Å²) in [5, 5.41) is 13.3. The lowest BCUT2D eigenvalue weighted by Crippen LogP contribution is -2.27. The quantitative estimate of drug-likeness (QED) is 0.908. The fourth-order valence-electron chi connectivity index (χ4n) is 2.52. The van der Waals surface area contributed by atoms with Gasteiger partial charge in [-0.25, -0.2) is 4.79 Å². The molecule has 0 bridgehead atoms. The van der Waals surface area contributed by atoms with Gasteiger partial charge in [0.15, 0.2) is 0 Å². The zero-order valence-corrected chi connectivity index (χ0v) is 14.0. The first-order valence-electron chi connectivity index (χ1n) is 7.26. The van der Waals surface area contributed by atoms with E-state index < -0.39 is 5.97 Å². The lowest BCUT2D eigenvalue weighted by atomic mass is 10.1. The Hall–Kier alpha value is -2.57. The van der Waals surface area contributed by atoms with E-state index in [1.807, 2.05) is 20.9 Å². The standard InChI is InChI=1S/C16H21N3O4/c1-9-13(10(2)19(5)17-9)7-15(20)18(4)8-12-6-14(16(21)22)11(3)23-12/h6H,7-8H2,1-5H3,(H,21,22). The van der Waals surface area contributed by atoms with Crippen molar-refractivity contribution in [2.45, 2.75) is 33.7 Å². The fourth-order valence-corrected chi connectivity index (χ4v) is 2.52. The van der Waals surface area contributed by atoms with E-state index in [1.165, 1.54) is 11.0 Å². The van der Waals surface area contributed by atoms with Gasteiger partial charge in [-0.1, -0.05) is 0 Å². The van der Waals surface area contributed by atoms with Crippen molar-refractivity contribution in [3.8, 4) is 0 Å². The van der Waals surface area contributed by atoms with Gasteiger partial charge in [-0.05, 0) is 26.8 Å². The number of nitrogens with zero attached hydrogens (tertiary/aromatic N) is 3. The van der Waals surface area contributed by atoms with Crippen LogP contribution in [0.25, 0.3) is 0 Å². The molecule has 0 aliphatic carbocycles. The topological polar surface area (TPSA) is 88.6 Å². The van der Waals surface area contributed by atoms with Crippen LogP contribution in [-0.2, 0) is 24.8 Å². The van der Waals surface area contributed by atoms with Crippen LogP contribution in [0.5, 0.6) is 0 Å².